The summed E-state index contributed by atoms with van der Waals surface area (Å²) in [6.45, 7) is 0.380. The van der Waals surface area contributed by atoms with Crippen LogP contribution >= 0.6 is 0 Å². The second-order valence-electron chi connectivity index (χ2n) is 6.90. The first-order valence-corrected chi connectivity index (χ1v) is 9.69. The standard InChI is InChI=1S/C25H19N3O3/c1-30-24-11-21-20(10-23(29)18-8-5-9-27-14-18)19(13-26)15-28-22(21)12-25(24)31-16-17-6-3-2-4-7-17/h2-9,11-12,14-15H,10,16H2,1H3. The molecular weight excluding hydrogens is 390 g/mol. The van der Waals surface area contributed by atoms with E-state index in [1.807, 2.05) is 30.3 Å². The molecule has 31 heavy (non-hydrogen) atoms. The van der Waals surface area contributed by atoms with Gasteiger partial charge in [-0.1, -0.05) is 30.3 Å². The van der Waals surface area contributed by atoms with Crippen molar-refractivity contribution in [2.75, 3.05) is 7.11 Å². The lowest BCUT2D eigenvalue weighted by Crippen LogP contribution is -2.07. The number of carbonyl (C=O) groups is 1. The highest BCUT2D eigenvalue weighted by Crippen LogP contribution is 2.35. The number of nitrogens with zero attached hydrogens (tertiary/aromatic N) is 3. The first kappa shape index (κ1) is 20.0. The highest BCUT2D eigenvalue weighted by molar-refractivity contribution is 6.00. The van der Waals surface area contributed by atoms with Crippen molar-refractivity contribution in [3.8, 4) is 17.6 Å². The Bertz CT molecular complexity index is 1270. The van der Waals surface area contributed by atoms with Crippen LogP contribution in [0.2, 0.25) is 0 Å². The number of pyridine rings is 2. The number of fused-ring (bicyclic) bond motifs is 1. The Hall–Kier alpha value is -4.24. The van der Waals surface area contributed by atoms with Gasteiger partial charge in [-0.15, -0.1) is 0 Å². The van der Waals surface area contributed by atoms with Gasteiger partial charge in [0.1, 0.15) is 12.7 Å². The van der Waals surface area contributed by atoms with E-state index in [1.54, 1.807) is 37.6 Å². The van der Waals surface area contributed by atoms with Crippen LogP contribution in [0.1, 0.15) is 27.0 Å². The van der Waals surface area contributed by atoms with Crippen LogP contribution in [0.25, 0.3) is 10.9 Å². The number of aromatic nitrogens is 2. The molecule has 4 rings (SSSR count). The number of ether oxygens (including phenoxy) is 2. The zero-order chi connectivity index (χ0) is 21.6. The molecule has 0 aliphatic carbocycles. The second kappa shape index (κ2) is 9.06. The Kier molecular flexibility index (Phi) is 5.86. The molecule has 0 saturated carbocycles. The molecule has 152 valence electrons. The fourth-order valence-corrected chi connectivity index (χ4v) is 3.34. The highest BCUT2D eigenvalue weighted by atomic mass is 16.5. The molecule has 0 atom stereocenters. The van der Waals surface area contributed by atoms with Crippen molar-refractivity contribution in [1.29, 1.82) is 5.26 Å². The average Bonchev–Trinajstić information content (AvgIpc) is 2.83. The molecule has 0 radical (unpaired) electrons. The van der Waals surface area contributed by atoms with Gasteiger partial charge in [-0.3, -0.25) is 14.8 Å². The predicted octanol–water partition coefficient (Wildman–Crippen LogP) is 4.51. The lowest BCUT2D eigenvalue weighted by molar-refractivity contribution is 0.0993. The first-order valence-electron chi connectivity index (χ1n) is 9.69. The van der Waals surface area contributed by atoms with E-state index in [-0.39, 0.29) is 12.2 Å². The van der Waals surface area contributed by atoms with Crippen LogP contribution in [0, 0.1) is 11.3 Å². The normalized spacial score (nSPS) is 10.5. The molecule has 2 aromatic carbocycles. The highest BCUT2D eigenvalue weighted by Gasteiger charge is 2.17. The van der Waals surface area contributed by atoms with E-state index in [4.69, 9.17) is 9.47 Å². The number of carbonyl (C=O) groups excluding carboxylic acids is 1. The molecule has 0 aliphatic heterocycles. The van der Waals surface area contributed by atoms with Gasteiger partial charge in [0, 0.05) is 42.0 Å². The van der Waals surface area contributed by atoms with Crippen LogP contribution in [0.5, 0.6) is 11.5 Å². The minimum Gasteiger partial charge on any atom is -0.493 e. The predicted molar refractivity (Wildman–Crippen MR) is 116 cm³/mol. The van der Waals surface area contributed by atoms with Gasteiger partial charge in [-0.05, 0) is 29.3 Å². The van der Waals surface area contributed by atoms with Gasteiger partial charge in [0.15, 0.2) is 17.3 Å². The molecule has 2 aromatic heterocycles. The van der Waals surface area contributed by atoms with Gasteiger partial charge >= 0.3 is 0 Å². The second-order valence-corrected chi connectivity index (χ2v) is 6.90. The third kappa shape index (κ3) is 4.36. The number of methoxy groups -OCH3 is 1. The van der Waals surface area contributed by atoms with Crippen molar-refractivity contribution in [1.82, 2.24) is 9.97 Å². The van der Waals surface area contributed by atoms with Gasteiger partial charge < -0.3 is 9.47 Å². The van der Waals surface area contributed by atoms with Crippen LogP contribution in [0.3, 0.4) is 0 Å². The van der Waals surface area contributed by atoms with E-state index < -0.39 is 0 Å². The zero-order valence-electron chi connectivity index (χ0n) is 16.9. The average molecular weight is 409 g/mol. The van der Waals surface area contributed by atoms with Crippen molar-refractivity contribution in [3.63, 3.8) is 0 Å². The van der Waals surface area contributed by atoms with E-state index in [0.29, 0.717) is 45.7 Å². The maximum Gasteiger partial charge on any atom is 0.168 e. The van der Waals surface area contributed by atoms with Crippen LogP contribution in [-0.4, -0.2) is 22.9 Å². The van der Waals surface area contributed by atoms with Crippen molar-refractivity contribution in [2.24, 2.45) is 0 Å². The molecule has 0 saturated heterocycles. The van der Waals surface area contributed by atoms with Gasteiger partial charge in [0.2, 0.25) is 0 Å². The summed E-state index contributed by atoms with van der Waals surface area (Å²) in [6, 6.07) is 18.9. The Labute approximate surface area is 179 Å². The van der Waals surface area contributed by atoms with Crippen molar-refractivity contribution in [2.45, 2.75) is 13.0 Å². The molecule has 6 heteroatoms. The van der Waals surface area contributed by atoms with Crippen molar-refractivity contribution >= 4 is 16.7 Å². The maximum absolute atomic E-state index is 12.8. The number of Topliss-reactive ketones (excluding diaryl/α,β-unsaturated/α-hetero) is 1. The number of ketones is 1. The Balaban J connectivity index is 1.72. The van der Waals surface area contributed by atoms with Gasteiger partial charge in [0.25, 0.3) is 0 Å². The third-order valence-corrected chi connectivity index (χ3v) is 4.94. The minimum atomic E-state index is -0.125. The summed E-state index contributed by atoms with van der Waals surface area (Å²) in [6.07, 6.45) is 4.68. The quantitative estimate of drug-likeness (QED) is 0.417. The van der Waals surface area contributed by atoms with Gasteiger partial charge in [-0.25, -0.2) is 0 Å². The molecule has 0 bridgehead atoms. The summed E-state index contributed by atoms with van der Waals surface area (Å²) in [5.74, 6) is 0.927. The van der Waals surface area contributed by atoms with Crippen LogP contribution in [-0.2, 0) is 13.0 Å². The summed E-state index contributed by atoms with van der Waals surface area (Å²) in [5, 5.41) is 10.3. The van der Waals surface area contributed by atoms with Gasteiger partial charge in [0.05, 0.1) is 18.2 Å². The summed E-state index contributed by atoms with van der Waals surface area (Å²) in [5.41, 5.74) is 3.10. The number of hydrogen-bond donors (Lipinski definition) is 0. The molecule has 0 amide bonds. The number of nitriles is 1. The fraction of sp³-hybridized carbons (Fsp3) is 0.120. The number of benzene rings is 2. The molecule has 6 nitrogen and oxygen atoms in total. The number of rotatable bonds is 7. The van der Waals surface area contributed by atoms with E-state index >= 15 is 0 Å². The lowest BCUT2D eigenvalue weighted by atomic mass is 9.96. The number of hydrogen-bond acceptors (Lipinski definition) is 6. The Morgan fingerprint density at radius 2 is 1.90 bits per heavy atom. The monoisotopic (exact) mass is 409 g/mol. The topological polar surface area (TPSA) is 85.1 Å². The summed E-state index contributed by atoms with van der Waals surface area (Å²) >= 11 is 0. The summed E-state index contributed by atoms with van der Waals surface area (Å²) < 4.78 is 11.5. The SMILES string of the molecule is COc1cc2c(CC(=O)c3cccnc3)c(C#N)cnc2cc1OCc1ccccc1. The van der Waals surface area contributed by atoms with E-state index in [0.717, 1.165) is 5.56 Å². The summed E-state index contributed by atoms with van der Waals surface area (Å²) in [4.78, 5) is 21.2. The minimum absolute atomic E-state index is 0.0565. The first-order chi connectivity index (χ1) is 15.2. The van der Waals surface area contributed by atoms with E-state index in [2.05, 4.69) is 16.0 Å². The van der Waals surface area contributed by atoms with Crippen molar-refractivity contribution in [3.05, 3.63) is 95.4 Å². The zero-order valence-corrected chi connectivity index (χ0v) is 16.9. The van der Waals surface area contributed by atoms with E-state index in [1.165, 1.54) is 12.4 Å². The lowest BCUT2D eigenvalue weighted by Gasteiger charge is -2.14. The Morgan fingerprint density at radius 3 is 2.61 bits per heavy atom. The third-order valence-electron chi connectivity index (χ3n) is 4.94. The maximum atomic E-state index is 12.8. The van der Waals surface area contributed by atoms with Crippen LogP contribution < -0.4 is 9.47 Å². The van der Waals surface area contributed by atoms with E-state index in [9.17, 15) is 10.1 Å². The molecule has 0 spiro atoms. The van der Waals surface area contributed by atoms with Crippen molar-refractivity contribution < 1.29 is 14.3 Å². The molecular formula is C25H19N3O3. The van der Waals surface area contributed by atoms with Crippen LogP contribution in [0.4, 0.5) is 0 Å². The smallest absolute Gasteiger partial charge is 0.168 e. The molecule has 0 aliphatic rings. The molecule has 4 aromatic rings. The molecule has 2 heterocycles. The van der Waals surface area contributed by atoms with Crippen LogP contribution in [0.15, 0.2) is 73.2 Å². The van der Waals surface area contributed by atoms with Gasteiger partial charge in [-0.2, -0.15) is 5.26 Å². The Morgan fingerprint density at radius 1 is 1.06 bits per heavy atom. The molecule has 0 unspecified atom stereocenters. The largest absolute Gasteiger partial charge is 0.493 e. The fourth-order valence-electron chi connectivity index (χ4n) is 3.34. The summed E-state index contributed by atoms with van der Waals surface area (Å²) in [7, 11) is 1.55. The molecule has 0 N–H and O–H groups in total. The molecule has 0 fully saturated rings.